The summed E-state index contributed by atoms with van der Waals surface area (Å²) >= 11 is 1.36. The summed E-state index contributed by atoms with van der Waals surface area (Å²) in [5, 5.41) is 0.916. The third-order valence-electron chi connectivity index (χ3n) is 4.86. The van der Waals surface area contributed by atoms with Gasteiger partial charge in [0.2, 0.25) is 20.0 Å². The van der Waals surface area contributed by atoms with E-state index in [2.05, 4.69) is 0 Å². The number of hydrogen-bond acceptors (Lipinski definition) is 7. The molecule has 0 amide bonds. The van der Waals surface area contributed by atoms with E-state index < -0.39 is 25.9 Å². The van der Waals surface area contributed by atoms with Crippen LogP contribution in [0.4, 0.5) is 9.39 Å². The lowest BCUT2D eigenvalue weighted by Gasteiger charge is -2.34. The smallest absolute Gasteiger partial charge is 0.242 e. The molecule has 0 saturated carbocycles. The van der Waals surface area contributed by atoms with E-state index in [0.717, 1.165) is 39.9 Å². The third-order valence-corrected chi connectivity index (χ3v) is 9.65. The number of sulfonamides is 2. The highest BCUT2D eigenvalue weighted by Gasteiger charge is 2.29. The van der Waals surface area contributed by atoms with E-state index in [1.807, 2.05) is 11.0 Å². The average Bonchev–Trinajstić information content (AvgIpc) is 3.22. The maximum atomic E-state index is 13.0. The van der Waals surface area contributed by atoms with Crippen molar-refractivity contribution in [1.82, 2.24) is 8.61 Å². The van der Waals surface area contributed by atoms with Gasteiger partial charge >= 0.3 is 0 Å². The van der Waals surface area contributed by atoms with Gasteiger partial charge in [-0.05, 0) is 36.4 Å². The third kappa shape index (κ3) is 5.06. The van der Waals surface area contributed by atoms with E-state index in [9.17, 15) is 26.0 Å². The highest BCUT2D eigenvalue weighted by Crippen LogP contribution is 2.26. The lowest BCUT2D eigenvalue weighted by Crippen LogP contribution is -2.50. The van der Waals surface area contributed by atoms with Gasteiger partial charge in [0, 0.05) is 39.8 Å². The van der Waals surface area contributed by atoms with Crippen LogP contribution in [0.1, 0.15) is 9.67 Å². The molecular weight excluding hydrogens is 453 g/mol. The van der Waals surface area contributed by atoms with Crippen LogP contribution in [0.2, 0.25) is 0 Å². The second kappa shape index (κ2) is 9.10. The van der Waals surface area contributed by atoms with E-state index in [0.29, 0.717) is 18.0 Å². The summed E-state index contributed by atoms with van der Waals surface area (Å²) in [5.74, 6) is -0.902. The van der Waals surface area contributed by atoms with E-state index >= 15 is 0 Å². The number of aldehydes is 1. The zero-order valence-corrected chi connectivity index (χ0v) is 18.7. The molecule has 2 heterocycles. The summed E-state index contributed by atoms with van der Waals surface area (Å²) in [6.45, 7) is 1.33. The van der Waals surface area contributed by atoms with Crippen LogP contribution in [0.25, 0.3) is 0 Å². The van der Waals surface area contributed by atoms with E-state index in [4.69, 9.17) is 0 Å². The molecular formula is C18H22FN3O5S3. The Balaban J connectivity index is 1.57. The topological polar surface area (TPSA) is 95.1 Å². The van der Waals surface area contributed by atoms with Crippen LogP contribution in [-0.4, -0.2) is 77.3 Å². The number of benzene rings is 1. The normalized spacial score (nSPS) is 16.2. The van der Waals surface area contributed by atoms with Crippen molar-refractivity contribution < 1.29 is 26.0 Å². The first kappa shape index (κ1) is 22.8. The Kier molecular flexibility index (Phi) is 6.92. The molecule has 164 valence electrons. The minimum absolute atomic E-state index is 0.0944. The van der Waals surface area contributed by atoms with Gasteiger partial charge in [0.25, 0.3) is 0 Å². The number of rotatable bonds is 8. The number of anilines is 1. The Morgan fingerprint density at radius 2 is 1.67 bits per heavy atom. The van der Waals surface area contributed by atoms with Crippen molar-refractivity contribution in [3.63, 3.8) is 0 Å². The van der Waals surface area contributed by atoms with Crippen LogP contribution in [0.5, 0.6) is 0 Å². The molecule has 1 fully saturated rings. The number of thiophene rings is 1. The summed E-state index contributed by atoms with van der Waals surface area (Å²) < 4.78 is 65.8. The molecule has 0 unspecified atom stereocenters. The minimum atomic E-state index is -3.91. The number of nitrogens with zero attached hydrogens (tertiary/aromatic N) is 3. The highest BCUT2D eigenvalue weighted by molar-refractivity contribution is 7.90. The van der Waals surface area contributed by atoms with Crippen LogP contribution in [0.3, 0.4) is 0 Å². The second-order valence-electron chi connectivity index (χ2n) is 6.78. The first-order valence-electron chi connectivity index (χ1n) is 9.13. The molecule has 0 spiro atoms. The maximum absolute atomic E-state index is 13.0. The molecule has 0 radical (unpaired) electrons. The van der Waals surface area contributed by atoms with Crippen molar-refractivity contribution in [2.75, 3.05) is 50.4 Å². The molecule has 1 aromatic heterocycles. The van der Waals surface area contributed by atoms with Crippen molar-refractivity contribution in [3.05, 3.63) is 47.1 Å². The maximum Gasteiger partial charge on any atom is 0.242 e. The predicted octanol–water partition coefficient (Wildman–Crippen LogP) is 1.47. The zero-order chi connectivity index (χ0) is 21.9. The van der Waals surface area contributed by atoms with Gasteiger partial charge in [-0.25, -0.2) is 21.2 Å². The van der Waals surface area contributed by atoms with Gasteiger partial charge in [-0.15, -0.1) is 11.3 Å². The van der Waals surface area contributed by atoms with E-state index in [1.165, 1.54) is 22.7 Å². The van der Waals surface area contributed by atoms with Crippen LogP contribution in [0, 0.1) is 5.82 Å². The van der Waals surface area contributed by atoms with Gasteiger partial charge in [0.05, 0.1) is 20.5 Å². The van der Waals surface area contributed by atoms with Crippen molar-refractivity contribution in [1.29, 1.82) is 0 Å². The molecule has 0 aliphatic carbocycles. The van der Waals surface area contributed by atoms with E-state index in [-0.39, 0.29) is 30.3 Å². The molecule has 0 atom stereocenters. The van der Waals surface area contributed by atoms with Gasteiger partial charge < -0.3 is 4.90 Å². The minimum Gasteiger partial charge on any atom is -0.361 e. The summed E-state index contributed by atoms with van der Waals surface area (Å²) in [7, 11) is -6.25. The Labute approximate surface area is 179 Å². The van der Waals surface area contributed by atoms with Crippen LogP contribution in [-0.2, 0) is 20.0 Å². The van der Waals surface area contributed by atoms with Gasteiger partial charge in [-0.1, -0.05) is 0 Å². The average molecular weight is 476 g/mol. The molecule has 1 aromatic carbocycles. The number of halogens is 1. The lowest BCUT2D eigenvalue weighted by atomic mass is 10.4. The number of carbonyl (C=O) groups excluding carboxylic acids is 1. The summed E-state index contributed by atoms with van der Waals surface area (Å²) in [4.78, 5) is 13.4. The molecule has 8 nitrogen and oxygen atoms in total. The van der Waals surface area contributed by atoms with Crippen LogP contribution >= 0.6 is 11.3 Å². The molecule has 1 aliphatic heterocycles. The molecule has 3 rings (SSSR count). The predicted molar refractivity (Wildman–Crippen MR) is 113 cm³/mol. The Morgan fingerprint density at radius 1 is 1.03 bits per heavy atom. The second-order valence-corrected chi connectivity index (χ2v) is 12.0. The van der Waals surface area contributed by atoms with Gasteiger partial charge in [0.1, 0.15) is 5.82 Å². The fourth-order valence-corrected chi connectivity index (χ4v) is 6.68. The SMILES string of the molecule is CN(CCS(=O)(=O)N1CCN(c2ccc(C=O)s2)CC1)S(=O)(=O)c1ccc(F)cc1. The first-order chi connectivity index (χ1) is 14.1. The summed E-state index contributed by atoms with van der Waals surface area (Å²) in [5.41, 5.74) is 0. The molecule has 1 aliphatic rings. The van der Waals surface area contributed by atoms with Crippen molar-refractivity contribution in [3.8, 4) is 0 Å². The first-order valence-corrected chi connectivity index (χ1v) is 13.0. The largest absolute Gasteiger partial charge is 0.361 e. The molecule has 12 heteroatoms. The Bertz CT molecular complexity index is 1090. The van der Waals surface area contributed by atoms with Crippen molar-refractivity contribution in [2.45, 2.75) is 4.90 Å². The fourth-order valence-electron chi connectivity index (χ4n) is 3.04. The quantitative estimate of drug-likeness (QED) is 0.537. The van der Waals surface area contributed by atoms with Gasteiger partial charge in [0.15, 0.2) is 6.29 Å². The molecule has 0 N–H and O–H groups in total. The van der Waals surface area contributed by atoms with Crippen LogP contribution in [0.15, 0.2) is 41.3 Å². The fraction of sp³-hybridized carbons (Fsp3) is 0.389. The highest BCUT2D eigenvalue weighted by atomic mass is 32.2. The monoisotopic (exact) mass is 475 g/mol. The molecule has 1 saturated heterocycles. The number of hydrogen-bond donors (Lipinski definition) is 0. The Hall–Kier alpha value is -1.86. The van der Waals surface area contributed by atoms with Crippen molar-refractivity contribution >= 4 is 42.7 Å². The van der Waals surface area contributed by atoms with Crippen molar-refractivity contribution in [2.24, 2.45) is 0 Å². The standard InChI is InChI=1S/C18H22FN3O5S3/c1-20(30(26,27)17-5-2-15(19)3-6-17)12-13-29(24,25)22-10-8-21(9-11-22)18-7-4-16(14-23)28-18/h2-7,14H,8-13H2,1H3. The molecule has 30 heavy (non-hydrogen) atoms. The van der Waals surface area contributed by atoms with Gasteiger partial charge in [-0.3, -0.25) is 4.79 Å². The zero-order valence-electron chi connectivity index (χ0n) is 16.3. The summed E-state index contributed by atoms with van der Waals surface area (Å²) in [6.07, 6.45) is 0.783. The molecule has 0 bridgehead atoms. The number of carbonyl (C=O) groups is 1. The Morgan fingerprint density at radius 3 is 2.23 bits per heavy atom. The number of piperazine rings is 1. The lowest BCUT2D eigenvalue weighted by molar-refractivity contribution is 0.112. The van der Waals surface area contributed by atoms with E-state index in [1.54, 1.807) is 6.07 Å². The van der Waals surface area contributed by atoms with Crippen LogP contribution < -0.4 is 4.90 Å². The van der Waals surface area contributed by atoms with Gasteiger partial charge in [-0.2, -0.15) is 8.61 Å². The molecule has 2 aromatic rings. The summed E-state index contributed by atoms with van der Waals surface area (Å²) in [6, 6.07) is 7.96.